The normalized spacial score (nSPS) is 23.6. The summed E-state index contributed by atoms with van der Waals surface area (Å²) >= 11 is 0. The summed E-state index contributed by atoms with van der Waals surface area (Å²) < 4.78 is 5.15. The van der Waals surface area contributed by atoms with Crippen LogP contribution in [0.15, 0.2) is 24.3 Å². The van der Waals surface area contributed by atoms with Crippen LogP contribution in [-0.2, 0) is 4.79 Å². The number of nitrogens with zero attached hydrogens (tertiary/aromatic N) is 2. The van der Waals surface area contributed by atoms with Gasteiger partial charge in [0.15, 0.2) is 0 Å². The van der Waals surface area contributed by atoms with Gasteiger partial charge in [-0.3, -0.25) is 9.59 Å². The second kappa shape index (κ2) is 6.93. The molecule has 1 spiro atoms. The van der Waals surface area contributed by atoms with E-state index in [1.807, 2.05) is 9.80 Å². The minimum atomic E-state index is -0.383. The molecule has 0 bridgehead atoms. The van der Waals surface area contributed by atoms with Gasteiger partial charge in [0.05, 0.1) is 12.5 Å². The molecule has 1 atom stereocenters. The van der Waals surface area contributed by atoms with E-state index in [1.54, 1.807) is 31.4 Å². The van der Waals surface area contributed by atoms with E-state index in [9.17, 15) is 9.59 Å². The highest BCUT2D eigenvalue weighted by molar-refractivity contribution is 5.95. The zero-order chi connectivity index (χ0) is 18.9. The lowest BCUT2D eigenvalue weighted by Crippen LogP contribution is -2.52. The van der Waals surface area contributed by atoms with Gasteiger partial charge in [-0.15, -0.1) is 0 Å². The molecule has 2 amide bonds. The molecule has 0 aromatic heterocycles. The average Bonchev–Trinajstić information content (AvgIpc) is 3.02. The van der Waals surface area contributed by atoms with E-state index in [-0.39, 0.29) is 22.6 Å². The number of hydrogen-bond donors (Lipinski definition) is 0. The third-order valence-corrected chi connectivity index (χ3v) is 5.47. The number of methoxy groups -OCH3 is 1. The smallest absolute Gasteiger partial charge is 0.253 e. The van der Waals surface area contributed by atoms with Gasteiger partial charge in [0.25, 0.3) is 5.91 Å². The van der Waals surface area contributed by atoms with Gasteiger partial charge < -0.3 is 14.5 Å². The van der Waals surface area contributed by atoms with Crippen LogP contribution in [-0.4, -0.2) is 54.9 Å². The maximum Gasteiger partial charge on any atom is 0.253 e. The molecule has 5 heteroatoms. The summed E-state index contributed by atoms with van der Waals surface area (Å²) in [7, 11) is 1.61. The molecule has 2 fully saturated rings. The lowest BCUT2D eigenvalue weighted by molar-refractivity contribution is -0.146. The van der Waals surface area contributed by atoms with E-state index < -0.39 is 0 Å². The van der Waals surface area contributed by atoms with Crippen molar-refractivity contribution in [3.8, 4) is 5.75 Å². The number of amides is 2. The highest BCUT2D eigenvalue weighted by Gasteiger charge is 2.49. The fraction of sp³-hybridized carbons (Fsp3) is 0.619. The first-order valence-corrected chi connectivity index (χ1v) is 9.47. The molecule has 26 heavy (non-hydrogen) atoms. The van der Waals surface area contributed by atoms with E-state index in [0.717, 1.165) is 38.1 Å². The first-order valence-electron chi connectivity index (χ1n) is 9.47. The summed E-state index contributed by atoms with van der Waals surface area (Å²) in [6.07, 6.45) is 2.68. The lowest BCUT2D eigenvalue weighted by Gasteiger charge is -2.41. The quantitative estimate of drug-likeness (QED) is 0.834. The Hall–Kier alpha value is -2.04. The molecular weight excluding hydrogens is 328 g/mol. The minimum absolute atomic E-state index is 0.00488. The predicted molar refractivity (Wildman–Crippen MR) is 101 cm³/mol. The largest absolute Gasteiger partial charge is 0.497 e. The van der Waals surface area contributed by atoms with Crippen molar-refractivity contribution < 1.29 is 14.3 Å². The van der Waals surface area contributed by atoms with Crippen molar-refractivity contribution in [3.63, 3.8) is 0 Å². The number of ether oxygens (including phenoxy) is 1. The third-order valence-electron chi connectivity index (χ3n) is 5.47. The SMILES string of the molecule is COc1ccc(C(=O)N2CCC3(CCCN(CC(C)(C)C)C3=O)C2)cc1. The molecule has 5 nitrogen and oxygen atoms in total. The van der Waals surface area contributed by atoms with Crippen LogP contribution in [0, 0.1) is 10.8 Å². The molecule has 1 aromatic carbocycles. The Labute approximate surface area is 156 Å². The molecule has 1 aromatic rings. The van der Waals surface area contributed by atoms with E-state index in [1.165, 1.54) is 0 Å². The number of likely N-dealkylation sites (tertiary alicyclic amines) is 2. The van der Waals surface area contributed by atoms with Gasteiger partial charge in [-0.25, -0.2) is 0 Å². The van der Waals surface area contributed by atoms with Crippen molar-refractivity contribution in [1.29, 1.82) is 0 Å². The predicted octanol–water partition coefficient (Wildman–Crippen LogP) is 3.20. The van der Waals surface area contributed by atoms with Crippen molar-refractivity contribution in [2.24, 2.45) is 10.8 Å². The number of piperidine rings is 1. The molecule has 142 valence electrons. The standard InChI is InChI=1S/C21H30N2O3/c1-20(2,3)14-23-12-5-10-21(19(23)25)11-13-22(15-21)18(24)16-6-8-17(26-4)9-7-16/h6-9H,5,10-15H2,1-4H3. The molecule has 0 radical (unpaired) electrons. The molecule has 2 heterocycles. The molecule has 0 saturated carbocycles. The van der Waals surface area contributed by atoms with Crippen molar-refractivity contribution in [3.05, 3.63) is 29.8 Å². The zero-order valence-electron chi connectivity index (χ0n) is 16.4. The fourth-order valence-electron chi connectivity index (χ4n) is 4.22. The van der Waals surface area contributed by atoms with Crippen molar-refractivity contribution >= 4 is 11.8 Å². The molecule has 2 aliphatic heterocycles. The Kier molecular flexibility index (Phi) is 5.00. The summed E-state index contributed by atoms with van der Waals surface area (Å²) in [5, 5.41) is 0. The summed E-state index contributed by atoms with van der Waals surface area (Å²) in [6, 6.07) is 7.19. The Morgan fingerprint density at radius 1 is 1.15 bits per heavy atom. The number of carbonyl (C=O) groups excluding carboxylic acids is 2. The Balaban J connectivity index is 1.71. The van der Waals surface area contributed by atoms with E-state index in [2.05, 4.69) is 20.8 Å². The highest BCUT2D eigenvalue weighted by atomic mass is 16.5. The van der Waals surface area contributed by atoms with Crippen molar-refractivity contribution in [1.82, 2.24) is 9.80 Å². The molecule has 2 aliphatic rings. The highest BCUT2D eigenvalue weighted by Crippen LogP contribution is 2.41. The van der Waals surface area contributed by atoms with Gasteiger partial charge in [-0.05, 0) is 48.9 Å². The molecule has 2 saturated heterocycles. The molecule has 3 rings (SSSR count). The number of hydrogen-bond acceptors (Lipinski definition) is 3. The summed E-state index contributed by atoms with van der Waals surface area (Å²) in [5.41, 5.74) is 0.356. The van der Waals surface area contributed by atoms with Crippen LogP contribution in [0.3, 0.4) is 0 Å². The van der Waals surface area contributed by atoms with Gasteiger partial charge in [-0.1, -0.05) is 20.8 Å². The van der Waals surface area contributed by atoms with Gasteiger partial charge in [0, 0.05) is 31.7 Å². The molecular formula is C21H30N2O3. The van der Waals surface area contributed by atoms with E-state index >= 15 is 0 Å². The number of benzene rings is 1. The van der Waals surface area contributed by atoms with Crippen molar-refractivity contribution in [2.45, 2.75) is 40.0 Å². The monoisotopic (exact) mass is 358 g/mol. The topological polar surface area (TPSA) is 49.9 Å². The van der Waals surface area contributed by atoms with E-state index in [4.69, 9.17) is 4.74 Å². The van der Waals surface area contributed by atoms with Crippen LogP contribution in [0.2, 0.25) is 0 Å². The Morgan fingerprint density at radius 2 is 1.85 bits per heavy atom. The van der Waals surface area contributed by atoms with Crippen LogP contribution in [0.25, 0.3) is 0 Å². The fourth-order valence-corrected chi connectivity index (χ4v) is 4.22. The second-order valence-corrected chi connectivity index (χ2v) is 8.88. The van der Waals surface area contributed by atoms with Crippen LogP contribution in [0.1, 0.15) is 50.4 Å². The van der Waals surface area contributed by atoms with Crippen LogP contribution < -0.4 is 4.74 Å². The minimum Gasteiger partial charge on any atom is -0.497 e. The average molecular weight is 358 g/mol. The summed E-state index contributed by atoms with van der Waals surface area (Å²) in [4.78, 5) is 29.9. The number of rotatable bonds is 3. The third kappa shape index (κ3) is 3.71. The van der Waals surface area contributed by atoms with Crippen molar-refractivity contribution in [2.75, 3.05) is 33.3 Å². The lowest BCUT2D eigenvalue weighted by atomic mass is 9.77. The summed E-state index contributed by atoms with van der Waals surface area (Å²) in [6.45, 7) is 9.29. The first-order chi connectivity index (χ1) is 12.2. The molecule has 1 unspecified atom stereocenters. The Morgan fingerprint density at radius 3 is 2.46 bits per heavy atom. The second-order valence-electron chi connectivity index (χ2n) is 8.88. The molecule has 0 N–H and O–H groups in total. The maximum absolute atomic E-state index is 13.2. The van der Waals surface area contributed by atoms with Gasteiger partial charge >= 0.3 is 0 Å². The van der Waals surface area contributed by atoms with Crippen LogP contribution >= 0.6 is 0 Å². The van der Waals surface area contributed by atoms with Gasteiger partial charge in [0.2, 0.25) is 5.91 Å². The van der Waals surface area contributed by atoms with E-state index in [0.29, 0.717) is 18.7 Å². The Bertz CT molecular complexity index is 677. The maximum atomic E-state index is 13.2. The number of carbonyl (C=O) groups is 2. The van der Waals surface area contributed by atoms with Gasteiger partial charge in [0.1, 0.15) is 5.75 Å². The molecule has 0 aliphatic carbocycles. The van der Waals surface area contributed by atoms with Crippen LogP contribution in [0.4, 0.5) is 0 Å². The van der Waals surface area contributed by atoms with Gasteiger partial charge in [-0.2, -0.15) is 0 Å². The summed E-state index contributed by atoms with van der Waals surface area (Å²) in [5.74, 6) is 0.980. The van der Waals surface area contributed by atoms with Crippen LogP contribution in [0.5, 0.6) is 5.75 Å². The zero-order valence-corrected chi connectivity index (χ0v) is 16.4. The first kappa shape index (κ1) is 18.7.